The van der Waals surface area contributed by atoms with Crippen molar-refractivity contribution in [2.24, 2.45) is 5.92 Å². The molecule has 0 amide bonds. The van der Waals surface area contributed by atoms with E-state index in [-0.39, 0.29) is 11.8 Å². The minimum atomic E-state index is -0.396. The summed E-state index contributed by atoms with van der Waals surface area (Å²) in [4.78, 5) is 19.8. The van der Waals surface area contributed by atoms with Gasteiger partial charge in [-0.2, -0.15) is 4.98 Å². The van der Waals surface area contributed by atoms with E-state index in [0.29, 0.717) is 22.7 Å². The number of anilines is 2. The number of aromatic nitrogens is 2. The Kier molecular flexibility index (Phi) is 3.85. The summed E-state index contributed by atoms with van der Waals surface area (Å²) in [5.41, 5.74) is 14.0. The van der Waals surface area contributed by atoms with Crippen molar-refractivity contribution < 1.29 is 9.53 Å². The van der Waals surface area contributed by atoms with E-state index in [1.165, 1.54) is 7.11 Å². The van der Waals surface area contributed by atoms with Gasteiger partial charge in [0, 0.05) is 11.5 Å². The van der Waals surface area contributed by atoms with Gasteiger partial charge >= 0.3 is 5.97 Å². The second kappa shape index (κ2) is 5.97. The fourth-order valence-corrected chi connectivity index (χ4v) is 2.11. The molecule has 4 N–H and O–H groups in total. The van der Waals surface area contributed by atoms with Crippen molar-refractivity contribution in [3.8, 4) is 23.1 Å². The Morgan fingerprint density at radius 2 is 1.91 bits per heavy atom. The molecule has 0 unspecified atom stereocenters. The summed E-state index contributed by atoms with van der Waals surface area (Å²) < 4.78 is 4.69. The number of carbonyl (C=O) groups excluding carboxylic acids is 1. The molecule has 0 atom stereocenters. The minimum absolute atomic E-state index is 0.0894. The van der Waals surface area contributed by atoms with Crippen LogP contribution in [0.15, 0.2) is 24.3 Å². The average molecular weight is 308 g/mol. The van der Waals surface area contributed by atoms with Crippen LogP contribution in [0.4, 0.5) is 11.8 Å². The number of ether oxygens (including phenoxy) is 1. The highest BCUT2D eigenvalue weighted by Gasteiger charge is 2.19. The van der Waals surface area contributed by atoms with Crippen LogP contribution in [0.2, 0.25) is 0 Å². The van der Waals surface area contributed by atoms with Crippen molar-refractivity contribution in [1.82, 2.24) is 9.97 Å². The first-order valence-corrected chi connectivity index (χ1v) is 7.21. The Hall–Kier alpha value is -3.07. The van der Waals surface area contributed by atoms with Crippen molar-refractivity contribution in [1.29, 1.82) is 0 Å². The van der Waals surface area contributed by atoms with Crippen LogP contribution in [-0.2, 0) is 4.74 Å². The average Bonchev–Trinajstić information content (AvgIpc) is 3.37. The van der Waals surface area contributed by atoms with E-state index in [0.717, 1.165) is 18.4 Å². The number of benzene rings is 1. The largest absolute Gasteiger partial charge is 0.465 e. The second-order valence-electron chi connectivity index (χ2n) is 5.30. The maximum Gasteiger partial charge on any atom is 0.337 e. The lowest BCUT2D eigenvalue weighted by Crippen LogP contribution is -2.05. The highest BCUT2D eigenvalue weighted by molar-refractivity contribution is 5.90. The molecule has 1 aliphatic rings. The van der Waals surface area contributed by atoms with Gasteiger partial charge in [-0.25, -0.2) is 9.78 Å². The van der Waals surface area contributed by atoms with E-state index in [1.54, 1.807) is 24.3 Å². The molecule has 3 rings (SSSR count). The summed E-state index contributed by atoms with van der Waals surface area (Å²) in [5, 5.41) is 0. The third-order valence-electron chi connectivity index (χ3n) is 3.51. The summed E-state index contributed by atoms with van der Waals surface area (Å²) in [7, 11) is 1.34. The number of carbonyl (C=O) groups is 1. The molecule has 0 saturated heterocycles. The molecule has 1 aromatic carbocycles. The molecule has 116 valence electrons. The number of hydrogen-bond donors (Lipinski definition) is 2. The van der Waals surface area contributed by atoms with E-state index in [4.69, 9.17) is 11.5 Å². The van der Waals surface area contributed by atoms with Crippen LogP contribution < -0.4 is 11.5 Å². The number of methoxy groups -OCH3 is 1. The van der Waals surface area contributed by atoms with Crippen molar-refractivity contribution in [2.45, 2.75) is 12.8 Å². The zero-order valence-electron chi connectivity index (χ0n) is 12.7. The number of rotatable bonds is 2. The molecule has 6 heteroatoms. The minimum Gasteiger partial charge on any atom is -0.465 e. The van der Waals surface area contributed by atoms with Gasteiger partial charge in [0.1, 0.15) is 5.82 Å². The number of nitrogens with two attached hydrogens (primary N) is 2. The van der Waals surface area contributed by atoms with Gasteiger partial charge in [-0.1, -0.05) is 24.0 Å². The Morgan fingerprint density at radius 1 is 1.22 bits per heavy atom. The zero-order chi connectivity index (χ0) is 16.4. The summed E-state index contributed by atoms with van der Waals surface area (Å²) in [6.07, 6.45) is 2.23. The van der Waals surface area contributed by atoms with E-state index >= 15 is 0 Å². The standard InChI is InChI=1S/C17H16N4O2/c1-23-16(22)12-7-5-11(6-8-12)14-13(9-4-10-2-3-10)15(18)21-17(19)20-14/h5-8,10H,2-3H2,1H3,(H4,18,19,20,21). The van der Waals surface area contributed by atoms with Crippen LogP contribution in [-0.4, -0.2) is 23.0 Å². The molecule has 23 heavy (non-hydrogen) atoms. The number of nitrogen functional groups attached to an aromatic ring is 2. The quantitative estimate of drug-likeness (QED) is 0.648. The lowest BCUT2D eigenvalue weighted by molar-refractivity contribution is 0.0601. The Labute approximate surface area is 133 Å². The normalized spacial score (nSPS) is 13.1. The molecule has 1 aromatic heterocycles. The maximum absolute atomic E-state index is 11.5. The van der Waals surface area contributed by atoms with Gasteiger partial charge in [0.15, 0.2) is 0 Å². The lowest BCUT2D eigenvalue weighted by atomic mass is 10.0. The van der Waals surface area contributed by atoms with Crippen LogP contribution in [0.1, 0.15) is 28.8 Å². The molecular formula is C17H16N4O2. The van der Waals surface area contributed by atoms with Crippen LogP contribution in [0.25, 0.3) is 11.3 Å². The summed E-state index contributed by atoms with van der Waals surface area (Å²) in [6, 6.07) is 6.84. The Morgan fingerprint density at radius 3 is 2.52 bits per heavy atom. The van der Waals surface area contributed by atoms with Crippen LogP contribution in [0, 0.1) is 17.8 Å². The highest BCUT2D eigenvalue weighted by Crippen LogP contribution is 2.29. The predicted octanol–water partition coefficient (Wildman–Crippen LogP) is 1.86. The highest BCUT2D eigenvalue weighted by atomic mass is 16.5. The van der Waals surface area contributed by atoms with Gasteiger partial charge in [0.2, 0.25) is 5.95 Å². The third kappa shape index (κ3) is 3.24. The van der Waals surface area contributed by atoms with Crippen molar-refractivity contribution >= 4 is 17.7 Å². The van der Waals surface area contributed by atoms with E-state index < -0.39 is 5.97 Å². The van der Waals surface area contributed by atoms with Gasteiger partial charge in [-0.05, 0) is 25.0 Å². The van der Waals surface area contributed by atoms with Crippen molar-refractivity contribution in [2.75, 3.05) is 18.6 Å². The van der Waals surface area contributed by atoms with Crippen LogP contribution >= 0.6 is 0 Å². The SMILES string of the molecule is COC(=O)c1ccc(-c2nc(N)nc(N)c2C#CC2CC2)cc1. The summed E-state index contributed by atoms with van der Waals surface area (Å²) in [5.74, 6) is 6.61. The van der Waals surface area contributed by atoms with Gasteiger partial charge in [0.25, 0.3) is 0 Å². The first-order chi connectivity index (χ1) is 11.1. The number of esters is 1. The molecule has 0 spiro atoms. The van der Waals surface area contributed by atoms with E-state index in [9.17, 15) is 4.79 Å². The van der Waals surface area contributed by atoms with Crippen molar-refractivity contribution in [3.05, 3.63) is 35.4 Å². The molecule has 0 radical (unpaired) electrons. The van der Waals surface area contributed by atoms with Crippen molar-refractivity contribution in [3.63, 3.8) is 0 Å². The smallest absolute Gasteiger partial charge is 0.337 e. The van der Waals surface area contributed by atoms with E-state index in [1.807, 2.05) is 0 Å². The molecule has 0 bridgehead atoms. The Bertz CT molecular complexity index is 815. The van der Waals surface area contributed by atoms with Crippen LogP contribution in [0.3, 0.4) is 0 Å². The van der Waals surface area contributed by atoms with Gasteiger partial charge in [-0.15, -0.1) is 0 Å². The lowest BCUT2D eigenvalue weighted by Gasteiger charge is -2.08. The fraction of sp³-hybridized carbons (Fsp3) is 0.235. The summed E-state index contributed by atoms with van der Waals surface area (Å²) in [6.45, 7) is 0. The number of nitrogens with zero attached hydrogens (tertiary/aromatic N) is 2. The predicted molar refractivity (Wildman–Crippen MR) is 87.2 cm³/mol. The third-order valence-corrected chi connectivity index (χ3v) is 3.51. The monoisotopic (exact) mass is 308 g/mol. The fourth-order valence-electron chi connectivity index (χ4n) is 2.11. The van der Waals surface area contributed by atoms with Crippen LogP contribution in [0.5, 0.6) is 0 Å². The molecule has 0 aliphatic heterocycles. The first-order valence-electron chi connectivity index (χ1n) is 7.21. The second-order valence-corrected chi connectivity index (χ2v) is 5.30. The topological polar surface area (TPSA) is 104 Å². The molecule has 1 saturated carbocycles. The molecule has 1 fully saturated rings. The molecule has 1 heterocycles. The summed E-state index contributed by atoms with van der Waals surface area (Å²) >= 11 is 0. The van der Waals surface area contributed by atoms with Gasteiger partial charge in [0.05, 0.1) is 23.9 Å². The van der Waals surface area contributed by atoms with E-state index in [2.05, 4.69) is 26.5 Å². The molecule has 1 aliphatic carbocycles. The molecule has 2 aromatic rings. The Balaban J connectivity index is 2.04. The van der Waals surface area contributed by atoms with Gasteiger partial charge in [-0.3, -0.25) is 0 Å². The maximum atomic E-state index is 11.5. The zero-order valence-corrected chi connectivity index (χ0v) is 12.7. The van der Waals surface area contributed by atoms with Gasteiger partial charge < -0.3 is 16.2 Å². The first kappa shape index (κ1) is 14.9. The number of hydrogen-bond acceptors (Lipinski definition) is 6. The molecule has 6 nitrogen and oxygen atoms in total. The molecular weight excluding hydrogens is 292 g/mol.